The van der Waals surface area contributed by atoms with Crippen molar-refractivity contribution in [3.8, 4) is 0 Å². The quantitative estimate of drug-likeness (QED) is 0.406. The van der Waals surface area contributed by atoms with Gasteiger partial charge in [-0.1, -0.05) is 25.4 Å². The van der Waals surface area contributed by atoms with E-state index in [4.69, 9.17) is 16.3 Å². The number of nitrogens with one attached hydrogen (secondary N) is 2. The number of amides is 1. The van der Waals surface area contributed by atoms with Gasteiger partial charge in [-0.25, -0.2) is 17.9 Å². The van der Waals surface area contributed by atoms with Gasteiger partial charge in [-0.05, 0) is 62.2 Å². The van der Waals surface area contributed by atoms with Crippen LogP contribution in [0.5, 0.6) is 0 Å². The second-order valence-corrected chi connectivity index (χ2v) is 10.3. The van der Waals surface area contributed by atoms with Gasteiger partial charge in [-0.3, -0.25) is 9.59 Å². The molecule has 1 atom stereocenters. The summed E-state index contributed by atoms with van der Waals surface area (Å²) >= 11 is 6.04. The fourth-order valence-electron chi connectivity index (χ4n) is 2.84. The number of hydrogen-bond donors (Lipinski definition) is 2. The highest BCUT2D eigenvalue weighted by atomic mass is 35.5. The van der Waals surface area contributed by atoms with E-state index in [9.17, 15) is 22.8 Å². The minimum Gasteiger partial charge on any atom is -0.451 e. The zero-order valence-electron chi connectivity index (χ0n) is 18.4. The van der Waals surface area contributed by atoms with Crippen molar-refractivity contribution in [3.05, 3.63) is 58.6 Å². The van der Waals surface area contributed by atoms with Gasteiger partial charge in [0.2, 0.25) is 21.7 Å². The Morgan fingerprint density at radius 3 is 2.18 bits per heavy atom. The van der Waals surface area contributed by atoms with Crippen molar-refractivity contribution in [2.75, 3.05) is 5.32 Å². The number of carbonyl (C=O) groups excluding carboxylic acids is 3. The molecule has 1 fully saturated rings. The Labute approximate surface area is 197 Å². The number of sulfonamides is 1. The maximum atomic E-state index is 12.7. The van der Waals surface area contributed by atoms with Crippen molar-refractivity contribution in [3.63, 3.8) is 0 Å². The van der Waals surface area contributed by atoms with Crippen LogP contribution in [0.2, 0.25) is 5.02 Å². The lowest BCUT2D eigenvalue weighted by Gasteiger charge is -2.14. The molecule has 1 aliphatic rings. The number of halogens is 1. The molecule has 3 rings (SSSR count). The van der Waals surface area contributed by atoms with Crippen LogP contribution in [0.4, 0.5) is 5.69 Å². The van der Waals surface area contributed by atoms with Gasteiger partial charge in [0, 0.05) is 23.2 Å². The molecular formula is C23H25ClN2O6S. The molecule has 0 saturated heterocycles. The molecule has 2 aromatic carbocycles. The number of benzene rings is 2. The molecule has 176 valence electrons. The van der Waals surface area contributed by atoms with Gasteiger partial charge in [0.1, 0.15) is 4.90 Å². The summed E-state index contributed by atoms with van der Waals surface area (Å²) in [7, 11) is -3.88. The second-order valence-electron chi connectivity index (χ2n) is 8.17. The summed E-state index contributed by atoms with van der Waals surface area (Å²) in [5.74, 6) is -1.62. The van der Waals surface area contributed by atoms with Crippen molar-refractivity contribution < 1.29 is 27.5 Å². The maximum absolute atomic E-state index is 12.7. The highest BCUT2D eigenvalue weighted by molar-refractivity contribution is 7.89. The van der Waals surface area contributed by atoms with Crippen LogP contribution in [0.15, 0.2) is 47.4 Å². The van der Waals surface area contributed by atoms with E-state index in [1.165, 1.54) is 31.2 Å². The van der Waals surface area contributed by atoms with E-state index in [0.717, 1.165) is 18.9 Å². The molecule has 0 bridgehead atoms. The van der Waals surface area contributed by atoms with Crippen molar-refractivity contribution in [2.24, 2.45) is 5.92 Å². The normalized spacial score (nSPS) is 14.6. The summed E-state index contributed by atoms with van der Waals surface area (Å²) < 4.78 is 32.8. The SMILES string of the molecule is CC(C)C(=O)Nc1ccc(C(=O)[C@@H](C)OC(=O)c2ccc(Cl)c(S(=O)(=O)NC3CC3)c2)cc1. The van der Waals surface area contributed by atoms with Crippen LogP contribution in [0.3, 0.4) is 0 Å². The average Bonchev–Trinajstić information content (AvgIpc) is 3.57. The molecule has 8 nitrogen and oxygen atoms in total. The molecule has 10 heteroatoms. The number of carbonyl (C=O) groups is 3. The average molecular weight is 493 g/mol. The van der Waals surface area contributed by atoms with E-state index in [0.29, 0.717) is 11.3 Å². The molecule has 1 amide bonds. The van der Waals surface area contributed by atoms with Crippen LogP contribution in [0.25, 0.3) is 0 Å². The first-order valence-electron chi connectivity index (χ1n) is 10.5. The minimum atomic E-state index is -3.88. The Kier molecular flexibility index (Phi) is 7.56. The lowest BCUT2D eigenvalue weighted by molar-refractivity contribution is -0.118. The molecule has 2 aromatic rings. The number of hydrogen-bond acceptors (Lipinski definition) is 6. The summed E-state index contributed by atoms with van der Waals surface area (Å²) in [5, 5.41) is 2.71. The van der Waals surface area contributed by atoms with Gasteiger partial charge >= 0.3 is 5.97 Å². The van der Waals surface area contributed by atoms with Crippen LogP contribution in [-0.2, 0) is 19.6 Å². The number of rotatable bonds is 9. The van der Waals surface area contributed by atoms with Gasteiger partial charge in [0.05, 0.1) is 10.6 Å². The molecule has 1 saturated carbocycles. The molecule has 0 heterocycles. The molecule has 0 radical (unpaired) electrons. The van der Waals surface area contributed by atoms with Crippen LogP contribution in [0, 0.1) is 5.92 Å². The Morgan fingerprint density at radius 2 is 1.61 bits per heavy atom. The van der Waals surface area contributed by atoms with Crippen molar-refractivity contribution in [1.82, 2.24) is 4.72 Å². The number of ether oxygens (including phenoxy) is 1. The Morgan fingerprint density at radius 1 is 1.00 bits per heavy atom. The highest BCUT2D eigenvalue weighted by Crippen LogP contribution is 2.27. The molecule has 0 unspecified atom stereocenters. The molecule has 2 N–H and O–H groups in total. The Balaban J connectivity index is 1.68. The first-order chi connectivity index (χ1) is 15.5. The van der Waals surface area contributed by atoms with Crippen molar-refractivity contribution in [2.45, 2.75) is 50.7 Å². The summed E-state index contributed by atoms with van der Waals surface area (Å²) in [4.78, 5) is 36.8. The van der Waals surface area contributed by atoms with E-state index in [1.807, 2.05) is 0 Å². The summed E-state index contributed by atoms with van der Waals surface area (Å²) in [6.45, 7) is 4.97. The minimum absolute atomic E-state index is 0.0199. The second kappa shape index (κ2) is 10.0. The third kappa shape index (κ3) is 6.40. The smallest absolute Gasteiger partial charge is 0.338 e. The fourth-order valence-corrected chi connectivity index (χ4v) is 4.67. The van der Waals surface area contributed by atoms with Gasteiger partial charge < -0.3 is 10.1 Å². The summed E-state index contributed by atoms with van der Waals surface area (Å²) in [5.41, 5.74) is 0.803. The number of Topliss-reactive ketones (excluding diaryl/α,β-unsaturated/α-hetero) is 1. The fraction of sp³-hybridized carbons (Fsp3) is 0.348. The number of ketones is 1. The first-order valence-corrected chi connectivity index (χ1v) is 12.3. The molecule has 0 aliphatic heterocycles. The maximum Gasteiger partial charge on any atom is 0.338 e. The van der Waals surface area contributed by atoms with E-state index < -0.39 is 27.9 Å². The topological polar surface area (TPSA) is 119 Å². The third-order valence-corrected chi connectivity index (χ3v) is 6.97. The first kappa shape index (κ1) is 24.9. The third-order valence-electron chi connectivity index (χ3n) is 4.97. The molecule has 0 spiro atoms. The van der Waals surface area contributed by atoms with E-state index in [1.54, 1.807) is 26.0 Å². The van der Waals surface area contributed by atoms with E-state index in [-0.39, 0.29) is 33.3 Å². The van der Waals surface area contributed by atoms with Crippen LogP contribution >= 0.6 is 11.6 Å². The zero-order chi connectivity index (χ0) is 24.3. The van der Waals surface area contributed by atoms with Gasteiger partial charge in [0.15, 0.2) is 6.10 Å². The van der Waals surface area contributed by atoms with Crippen molar-refractivity contribution >= 4 is 45.0 Å². The van der Waals surface area contributed by atoms with Crippen LogP contribution in [0.1, 0.15) is 54.3 Å². The van der Waals surface area contributed by atoms with Crippen LogP contribution in [-0.4, -0.2) is 38.2 Å². The highest BCUT2D eigenvalue weighted by Gasteiger charge is 2.30. The van der Waals surface area contributed by atoms with E-state index in [2.05, 4.69) is 10.0 Å². The lowest BCUT2D eigenvalue weighted by Crippen LogP contribution is -2.27. The standard InChI is InChI=1S/C23H25ClN2O6S/c1-13(2)22(28)25-17-7-4-15(5-8-17)21(27)14(3)32-23(29)16-6-11-19(24)20(12-16)33(30,31)26-18-9-10-18/h4-8,11-14,18,26H,9-10H2,1-3H3,(H,25,28)/t14-/m1/s1. The Bertz CT molecular complexity index is 1170. The van der Waals surface area contributed by atoms with Gasteiger partial charge in [0.25, 0.3) is 0 Å². The van der Waals surface area contributed by atoms with Crippen LogP contribution < -0.4 is 10.0 Å². The largest absolute Gasteiger partial charge is 0.451 e. The zero-order valence-corrected chi connectivity index (χ0v) is 20.0. The molecule has 33 heavy (non-hydrogen) atoms. The predicted octanol–water partition coefficient (Wildman–Crippen LogP) is 3.80. The predicted molar refractivity (Wildman–Crippen MR) is 124 cm³/mol. The van der Waals surface area contributed by atoms with Gasteiger partial charge in [-0.2, -0.15) is 0 Å². The monoisotopic (exact) mass is 492 g/mol. The number of anilines is 1. The summed E-state index contributed by atoms with van der Waals surface area (Å²) in [6, 6.07) is 9.89. The lowest BCUT2D eigenvalue weighted by atomic mass is 10.1. The summed E-state index contributed by atoms with van der Waals surface area (Å²) in [6.07, 6.45) is 0.390. The molecular weight excluding hydrogens is 468 g/mol. The number of esters is 1. The molecule has 0 aromatic heterocycles. The molecule has 1 aliphatic carbocycles. The Hall–Kier alpha value is -2.75. The van der Waals surface area contributed by atoms with E-state index >= 15 is 0 Å². The van der Waals surface area contributed by atoms with Gasteiger partial charge in [-0.15, -0.1) is 0 Å². The van der Waals surface area contributed by atoms with Crippen molar-refractivity contribution in [1.29, 1.82) is 0 Å².